The maximum atomic E-state index is 12.9. The zero-order valence-electron chi connectivity index (χ0n) is 15.1. The van der Waals surface area contributed by atoms with Crippen molar-refractivity contribution in [3.8, 4) is 0 Å². The molecule has 0 radical (unpaired) electrons. The van der Waals surface area contributed by atoms with Crippen LogP contribution in [0.4, 0.5) is 0 Å². The summed E-state index contributed by atoms with van der Waals surface area (Å²) < 4.78 is 2.06. The Labute approximate surface area is 153 Å². The molecule has 0 unspecified atom stereocenters. The molecule has 0 saturated carbocycles. The van der Waals surface area contributed by atoms with Crippen LogP contribution in [0.15, 0.2) is 18.5 Å². The zero-order chi connectivity index (χ0) is 17.4. The molecule has 2 aromatic heterocycles. The molecule has 25 heavy (non-hydrogen) atoms. The fourth-order valence-electron chi connectivity index (χ4n) is 3.82. The summed E-state index contributed by atoms with van der Waals surface area (Å²) in [7, 11) is 2.03. The maximum absolute atomic E-state index is 12.9. The molecule has 1 atom stereocenters. The minimum atomic E-state index is 0.226. The van der Waals surface area contributed by atoms with Crippen LogP contribution >= 0.6 is 11.3 Å². The molecular weight excluding hydrogens is 332 g/mol. The van der Waals surface area contributed by atoms with Crippen LogP contribution in [0, 0.1) is 5.92 Å². The lowest BCUT2D eigenvalue weighted by molar-refractivity contribution is 0.0629. The Bertz CT molecular complexity index is 757. The molecule has 0 aromatic carbocycles. The molecule has 1 amide bonds. The Hall–Kier alpha value is -1.66. The van der Waals surface area contributed by atoms with Gasteiger partial charge < -0.3 is 9.47 Å². The standard InChI is InChI=1S/C19H26N4OS/c1-14-3-4-16-15(11-14)12-17(25-16)19(24)23-9-7-22(8-10-23)13-18-20-5-6-21(18)2/h5-6,12,14H,3-4,7-11,13H2,1-2H3/t14-/m1/s1. The highest BCUT2D eigenvalue weighted by atomic mass is 32.1. The Morgan fingerprint density at radius 1 is 1.32 bits per heavy atom. The highest BCUT2D eigenvalue weighted by Gasteiger charge is 2.26. The maximum Gasteiger partial charge on any atom is 0.264 e. The largest absolute Gasteiger partial charge is 0.337 e. The highest BCUT2D eigenvalue weighted by Crippen LogP contribution is 2.32. The van der Waals surface area contributed by atoms with E-state index < -0.39 is 0 Å². The SMILES string of the molecule is C[C@@H]1CCc2sc(C(=O)N3CCN(Cc4nccn4C)CC3)cc2C1. The van der Waals surface area contributed by atoms with Crippen molar-refractivity contribution in [2.24, 2.45) is 13.0 Å². The molecule has 1 aliphatic carbocycles. The number of piperazine rings is 1. The van der Waals surface area contributed by atoms with Crippen LogP contribution in [0.2, 0.25) is 0 Å². The van der Waals surface area contributed by atoms with E-state index in [0.717, 1.165) is 62.2 Å². The third kappa shape index (κ3) is 3.51. The van der Waals surface area contributed by atoms with Crippen molar-refractivity contribution in [1.29, 1.82) is 0 Å². The van der Waals surface area contributed by atoms with Gasteiger partial charge in [0.15, 0.2) is 0 Å². The fourth-order valence-corrected chi connectivity index (χ4v) is 5.00. The molecule has 4 rings (SSSR count). The number of aromatic nitrogens is 2. The zero-order valence-corrected chi connectivity index (χ0v) is 15.9. The summed E-state index contributed by atoms with van der Waals surface area (Å²) in [6, 6.07) is 2.16. The molecule has 2 aromatic rings. The van der Waals surface area contributed by atoms with E-state index in [0.29, 0.717) is 0 Å². The number of fused-ring (bicyclic) bond motifs is 1. The number of thiophene rings is 1. The van der Waals surface area contributed by atoms with Crippen molar-refractivity contribution in [3.63, 3.8) is 0 Å². The number of carbonyl (C=O) groups is 1. The number of rotatable bonds is 3. The van der Waals surface area contributed by atoms with Crippen molar-refractivity contribution in [2.45, 2.75) is 32.7 Å². The van der Waals surface area contributed by atoms with Crippen molar-refractivity contribution < 1.29 is 4.79 Å². The fraction of sp³-hybridized carbons (Fsp3) is 0.579. The number of hydrogen-bond acceptors (Lipinski definition) is 4. The lowest BCUT2D eigenvalue weighted by Gasteiger charge is -2.34. The van der Waals surface area contributed by atoms with Crippen LogP contribution in [-0.4, -0.2) is 51.4 Å². The van der Waals surface area contributed by atoms with Crippen LogP contribution < -0.4 is 0 Å². The number of amides is 1. The summed E-state index contributed by atoms with van der Waals surface area (Å²) in [5.74, 6) is 2.06. The predicted octanol–water partition coefficient (Wildman–Crippen LogP) is 2.56. The number of carbonyl (C=O) groups excluding carboxylic acids is 1. The van der Waals surface area contributed by atoms with Gasteiger partial charge in [-0.15, -0.1) is 11.3 Å². The van der Waals surface area contributed by atoms with Gasteiger partial charge >= 0.3 is 0 Å². The van der Waals surface area contributed by atoms with Gasteiger partial charge in [-0.2, -0.15) is 0 Å². The molecule has 5 nitrogen and oxygen atoms in total. The quantitative estimate of drug-likeness (QED) is 0.847. The van der Waals surface area contributed by atoms with E-state index in [4.69, 9.17) is 0 Å². The molecule has 1 saturated heterocycles. The molecule has 1 aliphatic heterocycles. The molecular formula is C19H26N4OS. The molecule has 0 N–H and O–H groups in total. The second-order valence-electron chi connectivity index (χ2n) is 7.43. The van der Waals surface area contributed by atoms with Gasteiger partial charge in [0.25, 0.3) is 5.91 Å². The first-order chi connectivity index (χ1) is 12.1. The second kappa shape index (κ2) is 6.92. The Morgan fingerprint density at radius 3 is 2.84 bits per heavy atom. The molecule has 0 bridgehead atoms. The van der Waals surface area contributed by atoms with E-state index in [1.807, 2.05) is 24.3 Å². The lowest BCUT2D eigenvalue weighted by Crippen LogP contribution is -2.48. The van der Waals surface area contributed by atoms with Gasteiger partial charge in [-0.3, -0.25) is 9.69 Å². The van der Waals surface area contributed by atoms with Crippen molar-refractivity contribution in [2.75, 3.05) is 26.2 Å². The molecule has 1 fully saturated rings. The van der Waals surface area contributed by atoms with Crippen molar-refractivity contribution in [1.82, 2.24) is 19.4 Å². The molecule has 134 valence electrons. The first-order valence-corrected chi connectivity index (χ1v) is 10.0. The normalized spacial score (nSPS) is 21.4. The van der Waals surface area contributed by atoms with Crippen LogP contribution in [0.1, 0.15) is 39.3 Å². The van der Waals surface area contributed by atoms with E-state index in [1.54, 1.807) is 11.3 Å². The summed E-state index contributed by atoms with van der Waals surface area (Å²) in [6.07, 6.45) is 7.36. The van der Waals surface area contributed by atoms with Crippen LogP contribution in [0.3, 0.4) is 0 Å². The number of imidazole rings is 1. The summed E-state index contributed by atoms with van der Waals surface area (Å²) >= 11 is 1.73. The summed E-state index contributed by atoms with van der Waals surface area (Å²) in [6.45, 7) is 6.62. The third-order valence-corrected chi connectivity index (χ3v) is 6.71. The lowest BCUT2D eigenvalue weighted by atomic mass is 9.90. The van der Waals surface area contributed by atoms with E-state index in [-0.39, 0.29) is 5.91 Å². The predicted molar refractivity (Wildman–Crippen MR) is 99.9 cm³/mol. The highest BCUT2D eigenvalue weighted by molar-refractivity contribution is 7.14. The molecule has 2 aliphatic rings. The summed E-state index contributed by atoms with van der Waals surface area (Å²) in [5, 5.41) is 0. The second-order valence-corrected chi connectivity index (χ2v) is 8.57. The third-order valence-electron chi connectivity index (χ3n) is 5.49. The number of aryl methyl sites for hydroxylation is 2. The number of hydrogen-bond donors (Lipinski definition) is 0. The van der Waals surface area contributed by atoms with Gasteiger partial charge in [0.1, 0.15) is 5.82 Å². The Balaban J connectivity index is 1.36. The van der Waals surface area contributed by atoms with Gasteiger partial charge in [0.05, 0.1) is 11.4 Å². The first kappa shape index (κ1) is 16.8. The van der Waals surface area contributed by atoms with Gasteiger partial charge in [-0.25, -0.2) is 4.98 Å². The van der Waals surface area contributed by atoms with Gasteiger partial charge in [0.2, 0.25) is 0 Å². The van der Waals surface area contributed by atoms with E-state index in [1.165, 1.54) is 16.9 Å². The monoisotopic (exact) mass is 358 g/mol. The van der Waals surface area contributed by atoms with Gasteiger partial charge in [-0.05, 0) is 36.8 Å². The van der Waals surface area contributed by atoms with E-state index in [2.05, 4.69) is 27.4 Å². The van der Waals surface area contributed by atoms with Crippen LogP contribution in [0.25, 0.3) is 0 Å². The van der Waals surface area contributed by atoms with Crippen molar-refractivity contribution >= 4 is 17.2 Å². The van der Waals surface area contributed by atoms with E-state index in [9.17, 15) is 4.79 Å². The van der Waals surface area contributed by atoms with Gasteiger partial charge in [-0.1, -0.05) is 6.92 Å². The Kier molecular flexibility index (Phi) is 4.65. The number of nitrogens with zero attached hydrogens (tertiary/aromatic N) is 4. The summed E-state index contributed by atoms with van der Waals surface area (Å²) in [5.41, 5.74) is 1.42. The molecule has 0 spiro atoms. The van der Waals surface area contributed by atoms with Crippen LogP contribution in [-0.2, 0) is 26.4 Å². The average Bonchev–Trinajstić information content (AvgIpc) is 3.21. The van der Waals surface area contributed by atoms with Gasteiger partial charge in [0, 0.05) is 50.5 Å². The molecule has 6 heteroatoms. The topological polar surface area (TPSA) is 41.4 Å². The Morgan fingerprint density at radius 2 is 2.12 bits per heavy atom. The average molecular weight is 359 g/mol. The molecule has 3 heterocycles. The first-order valence-electron chi connectivity index (χ1n) is 9.19. The minimum Gasteiger partial charge on any atom is -0.337 e. The van der Waals surface area contributed by atoms with Crippen LogP contribution in [0.5, 0.6) is 0 Å². The smallest absolute Gasteiger partial charge is 0.264 e. The van der Waals surface area contributed by atoms with Crippen molar-refractivity contribution in [3.05, 3.63) is 39.6 Å². The minimum absolute atomic E-state index is 0.226. The summed E-state index contributed by atoms with van der Waals surface area (Å²) in [4.78, 5) is 24.1. The van der Waals surface area contributed by atoms with E-state index >= 15 is 0 Å².